The predicted octanol–water partition coefficient (Wildman–Crippen LogP) is 4.00. The molecule has 0 bridgehead atoms. The van der Waals surface area contributed by atoms with E-state index >= 15 is 0 Å². The molecule has 2 N–H and O–H groups in total. The van der Waals surface area contributed by atoms with Gasteiger partial charge < -0.3 is 15.4 Å². The van der Waals surface area contributed by atoms with E-state index in [2.05, 4.69) is 45.3 Å². The summed E-state index contributed by atoms with van der Waals surface area (Å²) in [5.74, 6) is 0.0545. The minimum Gasteiger partial charge on any atom is -0.484 e. The Kier molecular flexibility index (Phi) is 8.39. The van der Waals surface area contributed by atoms with Crippen LogP contribution < -0.4 is 15.4 Å². The minimum absolute atomic E-state index is 0.0449. The zero-order chi connectivity index (χ0) is 22.9. The molecule has 3 rings (SSSR count). The van der Waals surface area contributed by atoms with Crippen LogP contribution in [0.3, 0.4) is 0 Å². The number of nitrogens with one attached hydrogen (secondary N) is 2. The van der Waals surface area contributed by atoms with E-state index in [1.165, 1.54) is 0 Å². The molecular formula is C25H29N3O3S. The van der Waals surface area contributed by atoms with E-state index in [4.69, 9.17) is 4.74 Å². The van der Waals surface area contributed by atoms with E-state index in [1.807, 2.05) is 39.0 Å². The van der Waals surface area contributed by atoms with Crippen LogP contribution in [-0.4, -0.2) is 36.0 Å². The molecule has 3 aromatic rings. The number of nitrogens with zero attached hydrogens (tertiary/aromatic N) is 1. The summed E-state index contributed by atoms with van der Waals surface area (Å²) < 4.78 is 5.46. The Labute approximate surface area is 193 Å². The summed E-state index contributed by atoms with van der Waals surface area (Å²) in [5.41, 5.74) is 3.20. The highest BCUT2D eigenvalue weighted by atomic mass is 32.1. The molecule has 7 heteroatoms. The molecule has 0 fully saturated rings. The largest absolute Gasteiger partial charge is 0.484 e. The number of para-hydroxylation sites is 1. The van der Waals surface area contributed by atoms with Crippen molar-refractivity contribution in [3.05, 3.63) is 70.5 Å². The first-order valence-corrected chi connectivity index (χ1v) is 11.6. The normalized spacial score (nSPS) is 11.8. The van der Waals surface area contributed by atoms with Gasteiger partial charge in [-0.2, -0.15) is 0 Å². The van der Waals surface area contributed by atoms with E-state index in [9.17, 15) is 9.59 Å². The molecule has 0 aliphatic rings. The summed E-state index contributed by atoms with van der Waals surface area (Å²) in [4.78, 5) is 29.4. The van der Waals surface area contributed by atoms with Gasteiger partial charge in [-0.15, -0.1) is 11.3 Å². The van der Waals surface area contributed by atoms with Crippen molar-refractivity contribution in [2.45, 2.75) is 33.2 Å². The van der Waals surface area contributed by atoms with E-state index < -0.39 is 6.04 Å². The number of aryl methyl sites for hydroxylation is 1. The Morgan fingerprint density at radius 1 is 1.06 bits per heavy atom. The molecule has 0 saturated carbocycles. The van der Waals surface area contributed by atoms with E-state index in [0.717, 1.165) is 21.8 Å². The van der Waals surface area contributed by atoms with Crippen LogP contribution in [0.2, 0.25) is 0 Å². The van der Waals surface area contributed by atoms with E-state index in [0.29, 0.717) is 18.7 Å². The Bertz CT molecular complexity index is 1020. The van der Waals surface area contributed by atoms with Gasteiger partial charge in [-0.3, -0.25) is 9.59 Å². The Morgan fingerprint density at radius 3 is 2.41 bits per heavy atom. The third-order valence-electron chi connectivity index (χ3n) is 4.96. The SMILES string of the molecule is Cc1nc(-c2ccc(CCNC(=O)C(NC(=O)COc3ccccc3)C(C)C)cc2)cs1. The summed E-state index contributed by atoms with van der Waals surface area (Å²) >= 11 is 1.63. The maximum absolute atomic E-state index is 12.7. The maximum Gasteiger partial charge on any atom is 0.258 e. The topological polar surface area (TPSA) is 80.3 Å². The third kappa shape index (κ3) is 6.92. The van der Waals surface area contributed by atoms with Gasteiger partial charge in [0.1, 0.15) is 11.8 Å². The molecule has 1 unspecified atom stereocenters. The average Bonchev–Trinajstić information content (AvgIpc) is 3.23. The molecule has 2 amide bonds. The van der Waals surface area contributed by atoms with Gasteiger partial charge >= 0.3 is 0 Å². The van der Waals surface area contributed by atoms with Crippen molar-refractivity contribution in [3.63, 3.8) is 0 Å². The second-order valence-electron chi connectivity index (χ2n) is 7.88. The Balaban J connectivity index is 1.45. The van der Waals surface area contributed by atoms with E-state index in [1.54, 1.807) is 23.5 Å². The zero-order valence-electron chi connectivity index (χ0n) is 18.6. The number of amides is 2. The van der Waals surface area contributed by atoms with Gasteiger partial charge in [-0.05, 0) is 37.0 Å². The minimum atomic E-state index is -0.614. The smallest absolute Gasteiger partial charge is 0.258 e. The lowest BCUT2D eigenvalue weighted by Crippen LogP contribution is -2.51. The number of thiazole rings is 1. The lowest BCUT2D eigenvalue weighted by Gasteiger charge is -2.22. The van der Waals surface area contributed by atoms with Crippen LogP contribution in [-0.2, 0) is 16.0 Å². The lowest BCUT2D eigenvalue weighted by atomic mass is 10.0. The summed E-state index contributed by atoms with van der Waals surface area (Å²) in [7, 11) is 0. The summed E-state index contributed by atoms with van der Waals surface area (Å²) in [6.07, 6.45) is 0.706. The van der Waals surface area contributed by atoms with Gasteiger partial charge in [0.05, 0.1) is 10.7 Å². The van der Waals surface area contributed by atoms with Crippen molar-refractivity contribution < 1.29 is 14.3 Å². The highest BCUT2D eigenvalue weighted by molar-refractivity contribution is 7.09. The molecule has 1 heterocycles. The second-order valence-corrected chi connectivity index (χ2v) is 8.94. The highest BCUT2D eigenvalue weighted by Crippen LogP contribution is 2.21. The molecule has 32 heavy (non-hydrogen) atoms. The van der Waals surface area contributed by atoms with Crippen LogP contribution in [0.4, 0.5) is 0 Å². The van der Waals surface area contributed by atoms with Crippen molar-refractivity contribution in [1.29, 1.82) is 0 Å². The first-order chi connectivity index (χ1) is 15.4. The lowest BCUT2D eigenvalue weighted by molar-refractivity contribution is -0.131. The molecule has 168 valence electrons. The second kappa shape index (κ2) is 11.4. The van der Waals surface area contributed by atoms with Gasteiger partial charge in [-0.1, -0.05) is 56.3 Å². The molecule has 2 aromatic carbocycles. The molecule has 0 saturated heterocycles. The summed E-state index contributed by atoms with van der Waals surface area (Å²) in [5, 5.41) is 8.81. The van der Waals surface area contributed by atoms with E-state index in [-0.39, 0.29) is 24.3 Å². The fraction of sp³-hybridized carbons (Fsp3) is 0.320. The van der Waals surface area contributed by atoms with Crippen molar-refractivity contribution in [2.75, 3.05) is 13.2 Å². The zero-order valence-corrected chi connectivity index (χ0v) is 19.4. The Hall–Kier alpha value is -3.19. The Morgan fingerprint density at radius 2 is 1.78 bits per heavy atom. The van der Waals surface area contributed by atoms with Crippen LogP contribution in [0, 0.1) is 12.8 Å². The number of rotatable bonds is 10. The standard InChI is InChI=1S/C25H29N3O3S/c1-17(2)24(28-23(29)15-31-21-7-5-4-6-8-21)25(30)26-14-13-19-9-11-20(12-10-19)22-16-32-18(3)27-22/h4-12,16-17,24H,13-15H2,1-3H3,(H,26,30)(H,28,29). The van der Waals surface area contributed by atoms with Gasteiger partial charge in [0.2, 0.25) is 5.91 Å². The van der Waals surface area contributed by atoms with Crippen LogP contribution in [0.1, 0.15) is 24.4 Å². The number of aromatic nitrogens is 1. The number of carbonyl (C=O) groups excluding carboxylic acids is 2. The molecule has 0 aliphatic heterocycles. The molecular weight excluding hydrogens is 422 g/mol. The van der Waals surface area contributed by atoms with Gasteiger partial charge in [-0.25, -0.2) is 4.98 Å². The summed E-state index contributed by atoms with van der Waals surface area (Å²) in [6, 6.07) is 16.7. The van der Waals surface area contributed by atoms with Crippen molar-refractivity contribution in [2.24, 2.45) is 5.92 Å². The van der Waals surface area contributed by atoms with Crippen molar-refractivity contribution in [1.82, 2.24) is 15.6 Å². The number of ether oxygens (including phenoxy) is 1. The van der Waals surface area contributed by atoms with Crippen LogP contribution in [0.5, 0.6) is 5.75 Å². The quantitative estimate of drug-likeness (QED) is 0.488. The number of benzene rings is 2. The van der Waals surface area contributed by atoms with Crippen LogP contribution in [0.25, 0.3) is 11.3 Å². The van der Waals surface area contributed by atoms with Crippen LogP contribution in [0.15, 0.2) is 60.0 Å². The van der Waals surface area contributed by atoms with Gasteiger partial charge in [0.25, 0.3) is 5.91 Å². The fourth-order valence-electron chi connectivity index (χ4n) is 3.19. The van der Waals surface area contributed by atoms with Crippen molar-refractivity contribution in [3.8, 4) is 17.0 Å². The third-order valence-corrected chi connectivity index (χ3v) is 5.73. The maximum atomic E-state index is 12.7. The van der Waals surface area contributed by atoms with Crippen molar-refractivity contribution >= 4 is 23.2 Å². The number of hydrogen-bond donors (Lipinski definition) is 2. The fourth-order valence-corrected chi connectivity index (χ4v) is 3.82. The monoisotopic (exact) mass is 451 g/mol. The molecule has 0 aliphatic carbocycles. The molecule has 6 nitrogen and oxygen atoms in total. The molecule has 1 atom stereocenters. The number of carbonyl (C=O) groups is 2. The first kappa shape index (κ1) is 23.5. The average molecular weight is 452 g/mol. The molecule has 1 aromatic heterocycles. The van der Waals surface area contributed by atoms with Crippen LogP contribution >= 0.6 is 11.3 Å². The van der Waals surface area contributed by atoms with Gasteiger partial charge in [0, 0.05) is 17.5 Å². The van der Waals surface area contributed by atoms with Gasteiger partial charge in [0.15, 0.2) is 6.61 Å². The highest BCUT2D eigenvalue weighted by Gasteiger charge is 2.24. The molecule has 0 spiro atoms. The molecule has 0 radical (unpaired) electrons. The predicted molar refractivity (Wildman–Crippen MR) is 128 cm³/mol. The summed E-state index contributed by atoms with van der Waals surface area (Å²) in [6.45, 7) is 6.16. The first-order valence-electron chi connectivity index (χ1n) is 10.7. The number of hydrogen-bond acceptors (Lipinski definition) is 5.